The van der Waals surface area contributed by atoms with Gasteiger partial charge in [-0.2, -0.15) is 8.78 Å². The first-order valence-electron chi connectivity index (χ1n) is 11.5. The van der Waals surface area contributed by atoms with Crippen molar-refractivity contribution in [1.29, 1.82) is 0 Å². The Morgan fingerprint density at radius 2 is 2.00 bits per heavy atom. The van der Waals surface area contributed by atoms with Gasteiger partial charge < -0.3 is 15.1 Å². The number of benzene rings is 1. The van der Waals surface area contributed by atoms with E-state index >= 15 is 0 Å². The van der Waals surface area contributed by atoms with Crippen LogP contribution in [0.2, 0.25) is 0 Å². The molecule has 3 rings (SSSR count). The largest absolute Gasteiger partial charge is 0.477 e. The van der Waals surface area contributed by atoms with Gasteiger partial charge in [-0.25, -0.2) is 4.79 Å². The van der Waals surface area contributed by atoms with Crippen molar-refractivity contribution in [3.05, 3.63) is 69.4 Å². The summed E-state index contributed by atoms with van der Waals surface area (Å²) in [5.41, 5.74) is 1.85. The lowest BCUT2D eigenvalue weighted by Crippen LogP contribution is -2.36. The summed E-state index contributed by atoms with van der Waals surface area (Å²) >= 11 is 1.17. The third-order valence-corrected chi connectivity index (χ3v) is 7.55. The molecule has 0 saturated carbocycles. The van der Waals surface area contributed by atoms with Crippen LogP contribution in [0.1, 0.15) is 51.9 Å². The van der Waals surface area contributed by atoms with E-state index in [1.807, 2.05) is 37.3 Å². The summed E-state index contributed by atoms with van der Waals surface area (Å²) in [4.78, 5) is 25.8. The van der Waals surface area contributed by atoms with Crippen molar-refractivity contribution >= 4 is 23.2 Å². The number of carboxylic acids is 1. The van der Waals surface area contributed by atoms with Crippen molar-refractivity contribution in [3.63, 3.8) is 0 Å². The molecule has 2 aromatic rings. The van der Waals surface area contributed by atoms with E-state index < -0.39 is 36.4 Å². The smallest absolute Gasteiger partial charge is 0.346 e. The lowest BCUT2D eigenvalue weighted by atomic mass is 9.95. The number of aryl methyl sites for hydroxylation is 3. The Labute approximate surface area is 202 Å². The average molecular weight is 492 g/mol. The molecule has 2 heterocycles. The van der Waals surface area contributed by atoms with Gasteiger partial charge in [-0.05, 0) is 55.7 Å². The predicted octanol–water partition coefficient (Wildman–Crippen LogP) is 5.11. The Hall–Kier alpha value is -2.58. The van der Waals surface area contributed by atoms with Crippen molar-refractivity contribution in [2.75, 3.05) is 6.54 Å². The number of carboxylic acid groups (broad SMARTS) is 1. The minimum atomic E-state index is -3.42. The number of aliphatic hydroxyl groups is 1. The number of thiophene rings is 1. The maximum absolute atomic E-state index is 14.2. The molecule has 3 atom stereocenters. The van der Waals surface area contributed by atoms with Crippen LogP contribution in [0.3, 0.4) is 0 Å². The van der Waals surface area contributed by atoms with E-state index in [0.717, 1.165) is 17.7 Å². The number of aromatic carboxylic acids is 1. The molecule has 1 saturated heterocycles. The first-order valence-corrected chi connectivity index (χ1v) is 12.3. The number of carbonyl (C=O) groups is 2. The van der Waals surface area contributed by atoms with Crippen molar-refractivity contribution in [2.45, 2.75) is 64.0 Å². The molecule has 1 fully saturated rings. The fourth-order valence-electron chi connectivity index (χ4n) is 4.21. The fourth-order valence-corrected chi connectivity index (χ4v) is 5.26. The molecule has 0 unspecified atom stereocenters. The van der Waals surface area contributed by atoms with Crippen LogP contribution in [0.25, 0.3) is 0 Å². The summed E-state index contributed by atoms with van der Waals surface area (Å²) in [7, 11) is 0. The van der Waals surface area contributed by atoms with Gasteiger partial charge in [0.25, 0.3) is 5.91 Å². The molecular formula is C26H31F2NO4S. The number of carbonyl (C=O) groups excluding carboxylic acids is 1. The highest BCUT2D eigenvalue weighted by Crippen LogP contribution is 2.34. The zero-order chi connectivity index (χ0) is 24.9. The second kappa shape index (κ2) is 11.2. The summed E-state index contributed by atoms with van der Waals surface area (Å²) in [6.07, 6.45) is 4.17. The molecular weight excluding hydrogens is 460 g/mol. The van der Waals surface area contributed by atoms with E-state index in [2.05, 4.69) is 0 Å². The van der Waals surface area contributed by atoms with E-state index in [1.54, 1.807) is 13.0 Å². The molecule has 1 aliphatic heterocycles. The second-order valence-electron chi connectivity index (χ2n) is 8.99. The fraction of sp³-hybridized carbons (Fsp3) is 0.462. The van der Waals surface area contributed by atoms with Crippen LogP contribution in [-0.4, -0.2) is 51.6 Å². The summed E-state index contributed by atoms with van der Waals surface area (Å²) in [5, 5.41) is 19.7. The molecule has 8 heteroatoms. The average Bonchev–Trinajstić information content (AvgIpc) is 3.28. The molecule has 1 aliphatic rings. The van der Waals surface area contributed by atoms with E-state index in [-0.39, 0.29) is 17.3 Å². The molecule has 5 nitrogen and oxygen atoms in total. The van der Waals surface area contributed by atoms with Gasteiger partial charge in [0.05, 0.1) is 12.1 Å². The van der Waals surface area contributed by atoms with Gasteiger partial charge >= 0.3 is 11.9 Å². The minimum Gasteiger partial charge on any atom is -0.477 e. The summed E-state index contributed by atoms with van der Waals surface area (Å²) in [5.74, 6) is -5.66. The first kappa shape index (κ1) is 26.0. The standard InChI is InChI=1S/C26H31F2NO4S/c1-17(10-11-19-7-4-3-5-8-19)22(30)13-12-20-16-26(27,28)25(33)29(20)14-6-9-21-15-18(2)23(34-21)24(31)32/h3-5,7-8,12-13,15,17,20,22,30H,6,9-11,14,16H2,1-2H3,(H,31,32)/t17-,20-,22+/m0/s1. The summed E-state index contributed by atoms with van der Waals surface area (Å²) in [6, 6.07) is 10.9. The number of hydrogen-bond acceptors (Lipinski definition) is 4. The van der Waals surface area contributed by atoms with E-state index in [1.165, 1.54) is 34.0 Å². The third-order valence-electron chi connectivity index (χ3n) is 6.27. The predicted molar refractivity (Wildman–Crippen MR) is 128 cm³/mol. The maximum Gasteiger partial charge on any atom is 0.346 e. The molecule has 0 aliphatic carbocycles. The summed E-state index contributed by atoms with van der Waals surface area (Å²) in [6.45, 7) is 3.78. The first-order chi connectivity index (χ1) is 16.1. The van der Waals surface area contributed by atoms with Gasteiger partial charge in [-0.15, -0.1) is 11.3 Å². The molecule has 1 amide bonds. The Morgan fingerprint density at radius 1 is 1.29 bits per heavy atom. The van der Waals surface area contributed by atoms with Gasteiger partial charge in [-0.3, -0.25) is 4.79 Å². The molecule has 0 bridgehead atoms. The summed E-state index contributed by atoms with van der Waals surface area (Å²) < 4.78 is 28.3. The van der Waals surface area contributed by atoms with Crippen LogP contribution in [0.5, 0.6) is 0 Å². The van der Waals surface area contributed by atoms with Gasteiger partial charge in [-0.1, -0.05) is 49.4 Å². The number of likely N-dealkylation sites (tertiary alicyclic amines) is 1. The Bertz CT molecular complexity index is 1020. The van der Waals surface area contributed by atoms with Crippen LogP contribution >= 0.6 is 11.3 Å². The SMILES string of the molecule is Cc1cc(CCCN2C(=O)C(F)(F)C[C@@H]2C=C[C@@H](O)[C@@H](C)CCc2ccccc2)sc1C(=O)O. The van der Waals surface area contributed by atoms with Crippen molar-refractivity contribution in [2.24, 2.45) is 5.92 Å². The van der Waals surface area contributed by atoms with Gasteiger partial charge in [0, 0.05) is 17.8 Å². The van der Waals surface area contributed by atoms with Crippen molar-refractivity contribution in [1.82, 2.24) is 4.90 Å². The van der Waals surface area contributed by atoms with E-state index in [9.17, 15) is 28.6 Å². The van der Waals surface area contributed by atoms with Gasteiger partial charge in [0.2, 0.25) is 0 Å². The van der Waals surface area contributed by atoms with Crippen molar-refractivity contribution in [3.8, 4) is 0 Å². The van der Waals surface area contributed by atoms with Crippen LogP contribution in [-0.2, 0) is 17.6 Å². The highest BCUT2D eigenvalue weighted by atomic mass is 32.1. The second-order valence-corrected chi connectivity index (χ2v) is 10.1. The van der Waals surface area contributed by atoms with Crippen LogP contribution in [0.4, 0.5) is 8.78 Å². The lowest BCUT2D eigenvalue weighted by Gasteiger charge is -2.22. The van der Waals surface area contributed by atoms with E-state index in [0.29, 0.717) is 18.4 Å². The number of hydrogen-bond donors (Lipinski definition) is 2. The number of alkyl halides is 2. The van der Waals surface area contributed by atoms with Gasteiger partial charge in [0.15, 0.2) is 0 Å². The molecule has 1 aromatic heterocycles. The number of halogens is 2. The normalized spacial score (nSPS) is 19.6. The molecule has 184 valence electrons. The quantitative estimate of drug-likeness (QED) is 0.428. The Kier molecular flexibility index (Phi) is 8.60. The number of aliphatic hydroxyl groups excluding tert-OH is 1. The molecule has 1 aromatic carbocycles. The molecule has 0 radical (unpaired) electrons. The zero-order valence-electron chi connectivity index (χ0n) is 19.4. The Balaban J connectivity index is 1.57. The molecule has 0 spiro atoms. The monoisotopic (exact) mass is 491 g/mol. The topological polar surface area (TPSA) is 77.8 Å². The minimum absolute atomic E-state index is 0.0620. The maximum atomic E-state index is 14.2. The van der Waals surface area contributed by atoms with Crippen LogP contribution < -0.4 is 0 Å². The highest BCUT2D eigenvalue weighted by Gasteiger charge is 2.52. The van der Waals surface area contributed by atoms with E-state index in [4.69, 9.17) is 0 Å². The molecule has 2 N–H and O–H groups in total. The van der Waals surface area contributed by atoms with Gasteiger partial charge in [0.1, 0.15) is 4.88 Å². The number of amides is 1. The lowest BCUT2D eigenvalue weighted by molar-refractivity contribution is -0.148. The number of rotatable bonds is 11. The Morgan fingerprint density at radius 3 is 2.65 bits per heavy atom. The van der Waals surface area contributed by atoms with Crippen LogP contribution in [0.15, 0.2) is 48.6 Å². The third kappa shape index (κ3) is 6.51. The molecule has 34 heavy (non-hydrogen) atoms. The highest BCUT2D eigenvalue weighted by molar-refractivity contribution is 7.14. The number of nitrogens with zero attached hydrogens (tertiary/aromatic N) is 1. The zero-order valence-corrected chi connectivity index (χ0v) is 20.2. The van der Waals surface area contributed by atoms with Crippen LogP contribution in [0, 0.1) is 12.8 Å². The van der Waals surface area contributed by atoms with Crippen molar-refractivity contribution < 1.29 is 28.6 Å².